The molecule has 1 saturated heterocycles. The number of nitrogens with one attached hydrogen (secondary N) is 1. The molecule has 1 amide bonds. The summed E-state index contributed by atoms with van der Waals surface area (Å²) in [6.45, 7) is 1.21. The van der Waals surface area contributed by atoms with Crippen molar-refractivity contribution in [3.63, 3.8) is 0 Å². The molecule has 3 N–H and O–H groups in total. The Bertz CT molecular complexity index is 357. The molecule has 0 saturated carbocycles. The summed E-state index contributed by atoms with van der Waals surface area (Å²) in [6.07, 6.45) is 1.59. The Labute approximate surface area is 93.2 Å². The van der Waals surface area contributed by atoms with Crippen LogP contribution >= 0.6 is 0 Å². The Balaban J connectivity index is 1.84. The zero-order valence-corrected chi connectivity index (χ0v) is 8.80. The number of hydrogen-bond acceptors (Lipinski definition) is 5. The minimum atomic E-state index is -0.253. The van der Waals surface area contributed by atoms with Crippen LogP contribution in [-0.4, -0.2) is 35.4 Å². The average Bonchev–Trinajstić information content (AvgIpc) is 2.74. The van der Waals surface area contributed by atoms with Gasteiger partial charge in [0, 0.05) is 12.2 Å². The van der Waals surface area contributed by atoms with Crippen molar-refractivity contribution in [3.05, 3.63) is 24.0 Å². The van der Waals surface area contributed by atoms with Gasteiger partial charge in [0.15, 0.2) is 0 Å². The summed E-state index contributed by atoms with van der Waals surface area (Å²) in [4.78, 5) is 11.7. The molecule has 0 aliphatic carbocycles. The molecule has 16 heavy (non-hydrogen) atoms. The van der Waals surface area contributed by atoms with Gasteiger partial charge in [-0.2, -0.15) is 10.2 Å². The first-order valence-electron chi connectivity index (χ1n) is 5.15. The fourth-order valence-electron chi connectivity index (χ4n) is 1.58. The van der Waals surface area contributed by atoms with E-state index in [0.717, 1.165) is 5.69 Å². The first-order valence-corrected chi connectivity index (χ1v) is 5.15. The number of carbonyl (C=O) groups excluding carboxylic acids is 1. The van der Waals surface area contributed by atoms with Crippen LogP contribution in [0.1, 0.15) is 5.69 Å². The average molecular weight is 222 g/mol. The Morgan fingerprint density at radius 2 is 2.50 bits per heavy atom. The number of carbonyl (C=O) groups is 1. The Hall–Kier alpha value is -1.53. The number of hydrogen-bond donors (Lipinski definition) is 2. The molecule has 6 nitrogen and oxygen atoms in total. The molecule has 2 atom stereocenters. The number of nitrogens with zero attached hydrogens (tertiary/aromatic N) is 2. The van der Waals surface area contributed by atoms with Gasteiger partial charge in [-0.05, 0) is 12.1 Å². The van der Waals surface area contributed by atoms with E-state index in [1.165, 1.54) is 0 Å². The lowest BCUT2D eigenvalue weighted by molar-refractivity contribution is -0.125. The van der Waals surface area contributed by atoms with Crippen molar-refractivity contribution in [2.45, 2.75) is 12.6 Å². The van der Waals surface area contributed by atoms with Crippen molar-refractivity contribution >= 4 is 5.91 Å². The SMILES string of the molecule is NC1COCC1C(=O)NCc1cccnn1. The van der Waals surface area contributed by atoms with Gasteiger partial charge in [0.1, 0.15) is 0 Å². The molecular weight excluding hydrogens is 208 g/mol. The number of rotatable bonds is 3. The molecule has 1 fully saturated rings. The molecule has 86 valence electrons. The van der Waals surface area contributed by atoms with E-state index in [0.29, 0.717) is 19.8 Å². The van der Waals surface area contributed by atoms with Crippen LogP contribution in [0.3, 0.4) is 0 Å². The lowest BCUT2D eigenvalue weighted by atomic mass is 10.0. The summed E-state index contributed by atoms with van der Waals surface area (Å²) >= 11 is 0. The van der Waals surface area contributed by atoms with Crippen LogP contribution in [0.2, 0.25) is 0 Å². The van der Waals surface area contributed by atoms with Gasteiger partial charge in [-0.1, -0.05) is 0 Å². The minimum absolute atomic E-state index is 0.0874. The van der Waals surface area contributed by atoms with Gasteiger partial charge in [-0.25, -0.2) is 0 Å². The monoisotopic (exact) mass is 222 g/mol. The smallest absolute Gasteiger partial charge is 0.227 e. The van der Waals surface area contributed by atoms with E-state index in [-0.39, 0.29) is 17.9 Å². The summed E-state index contributed by atoms with van der Waals surface area (Å²) in [6, 6.07) is 3.37. The van der Waals surface area contributed by atoms with E-state index in [4.69, 9.17) is 10.5 Å². The largest absolute Gasteiger partial charge is 0.379 e. The first kappa shape index (κ1) is 11.0. The summed E-state index contributed by atoms with van der Waals surface area (Å²) < 4.78 is 5.13. The third-order valence-corrected chi connectivity index (χ3v) is 2.53. The number of nitrogens with two attached hydrogens (primary N) is 1. The molecule has 2 heterocycles. The zero-order valence-electron chi connectivity index (χ0n) is 8.80. The van der Waals surface area contributed by atoms with Gasteiger partial charge in [-0.3, -0.25) is 4.79 Å². The van der Waals surface area contributed by atoms with Crippen molar-refractivity contribution in [1.29, 1.82) is 0 Å². The maximum atomic E-state index is 11.7. The Morgan fingerprint density at radius 3 is 3.12 bits per heavy atom. The van der Waals surface area contributed by atoms with Gasteiger partial charge < -0.3 is 15.8 Å². The summed E-state index contributed by atoms with van der Waals surface area (Å²) in [5.41, 5.74) is 6.46. The van der Waals surface area contributed by atoms with Crippen LogP contribution in [0.4, 0.5) is 0 Å². The summed E-state index contributed by atoms with van der Waals surface area (Å²) in [5, 5.41) is 10.4. The quantitative estimate of drug-likeness (QED) is 0.689. The second-order valence-corrected chi connectivity index (χ2v) is 3.74. The van der Waals surface area contributed by atoms with Crippen LogP contribution in [0.25, 0.3) is 0 Å². The molecule has 1 aromatic rings. The molecule has 1 aliphatic heterocycles. The van der Waals surface area contributed by atoms with Crippen molar-refractivity contribution < 1.29 is 9.53 Å². The third kappa shape index (κ3) is 2.53. The highest BCUT2D eigenvalue weighted by Gasteiger charge is 2.30. The number of aromatic nitrogens is 2. The Morgan fingerprint density at radius 1 is 1.62 bits per heavy atom. The van der Waals surface area contributed by atoms with Crippen molar-refractivity contribution in [1.82, 2.24) is 15.5 Å². The molecule has 2 rings (SSSR count). The van der Waals surface area contributed by atoms with Gasteiger partial charge in [0.2, 0.25) is 5.91 Å². The molecule has 1 aromatic heterocycles. The molecule has 6 heteroatoms. The van der Waals surface area contributed by atoms with E-state index >= 15 is 0 Å². The third-order valence-electron chi connectivity index (χ3n) is 2.53. The van der Waals surface area contributed by atoms with Crippen LogP contribution < -0.4 is 11.1 Å². The van der Waals surface area contributed by atoms with Gasteiger partial charge in [0.25, 0.3) is 0 Å². The van der Waals surface area contributed by atoms with E-state index in [1.807, 2.05) is 0 Å². The minimum Gasteiger partial charge on any atom is -0.379 e. The van der Waals surface area contributed by atoms with Crippen LogP contribution in [0.5, 0.6) is 0 Å². The van der Waals surface area contributed by atoms with Crippen molar-refractivity contribution in [3.8, 4) is 0 Å². The summed E-state index contributed by atoms with van der Waals surface area (Å²) in [5.74, 6) is -0.340. The topological polar surface area (TPSA) is 90.1 Å². The molecule has 2 unspecified atom stereocenters. The maximum Gasteiger partial charge on any atom is 0.227 e. The second-order valence-electron chi connectivity index (χ2n) is 3.74. The van der Waals surface area contributed by atoms with Crippen LogP contribution in [0, 0.1) is 5.92 Å². The molecule has 1 aliphatic rings. The highest BCUT2D eigenvalue weighted by molar-refractivity contribution is 5.79. The van der Waals surface area contributed by atoms with Crippen molar-refractivity contribution in [2.24, 2.45) is 11.7 Å². The molecule has 0 spiro atoms. The molecular formula is C10H14N4O2. The van der Waals surface area contributed by atoms with Crippen molar-refractivity contribution in [2.75, 3.05) is 13.2 Å². The normalized spacial score (nSPS) is 24.3. The molecule has 0 radical (unpaired) electrons. The second kappa shape index (κ2) is 5.00. The highest BCUT2D eigenvalue weighted by Crippen LogP contribution is 2.11. The fourth-order valence-corrected chi connectivity index (χ4v) is 1.58. The van der Waals surface area contributed by atoms with E-state index < -0.39 is 0 Å². The van der Waals surface area contributed by atoms with Gasteiger partial charge in [-0.15, -0.1) is 0 Å². The Kier molecular flexibility index (Phi) is 3.43. The first-order chi connectivity index (χ1) is 7.77. The fraction of sp³-hybridized carbons (Fsp3) is 0.500. The summed E-state index contributed by atoms with van der Waals surface area (Å²) in [7, 11) is 0. The van der Waals surface area contributed by atoms with Gasteiger partial charge >= 0.3 is 0 Å². The van der Waals surface area contributed by atoms with Crippen LogP contribution in [0.15, 0.2) is 18.3 Å². The van der Waals surface area contributed by atoms with E-state index in [1.54, 1.807) is 18.3 Å². The maximum absolute atomic E-state index is 11.7. The molecule has 0 bridgehead atoms. The number of ether oxygens (including phenoxy) is 1. The zero-order chi connectivity index (χ0) is 11.4. The van der Waals surface area contributed by atoms with E-state index in [2.05, 4.69) is 15.5 Å². The van der Waals surface area contributed by atoms with Crippen LogP contribution in [-0.2, 0) is 16.1 Å². The molecule has 0 aromatic carbocycles. The van der Waals surface area contributed by atoms with E-state index in [9.17, 15) is 4.79 Å². The number of amides is 1. The standard InChI is InChI=1S/C10H14N4O2/c11-9-6-16-5-8(9)10(15)12-4-7-2-1-3-13-14-7/h1-3,8-9H,4-6,11H2,(H,12,15). The highest BCUT2D eigenvalue weighted by atomic mass is 16.5. The predicted molar refractivity (Wildman–Crippen MR) is 56.2 cm³/mol. The predicted octanol–water partition coefficient (Wildman–Crippen LogP) is -0.933. The lowest BCUT2D eigenvalue weighted by Gasteiger charge is -2.12. The lowest BCUT2D eigenvalue weighted by Crippen LogP contribution is -2.40. The van der Waals surface area contributed by atoms with Gasteiger partial charge in [0.05, 0.1) is 31.4 Å².